The normalized spacial score (nSPS) is 13.1. The Hall–Kier alpha value is -3.13. The van der Waals surface area contributed by atoms with E-state index in [-0.39, 0.29) is 34.7 Å². The van der Waals surface area contributed by atoms with Crippen molar-refractivity contribution >= 4 is 17.4 Å². The number of fused-ring (bicyclic) bond motifs is 1. The first kappa shape index (κ1) is 20.2. The van der Waals surface area contributed by atoms with Gasteiger partial charge in [-0.3, -0.25) is 4.57 Å². The van der Waals surface area contributed by atoms with Crippen LogP contribution in [0.25, 0.3) is 0 Å². The summed E-state index contributed by atoms with van der Waals surface area (Å²) in [5.41, 5.74) is 0.159. The molecule has 2 heterocycles. The van der Waals surface area contributed by atoms with E-state index in [1.54, 1.807) is 16.7 Å². The number of halogens is 3. The fourth-order valence-corrected chi connectivity index (χ4v) is 3.37. The number of benzene rings is 2. The summed E-state index contributed by atoms with van der Waals surface area (Å²) in [4.78, 5) is 18.1. The second kappa shape index (κ2) is 8.31. The smallest absolute Gasteiger partial charge is 0.352 e. The van der Waals surface area contributed by atoms with Crippen LogP contribution in [0.1, 0.15) is 12.0 Å². The number of hydrogen-bond acceptors (Lipinski definition) is 5. The van der Waals surface area contributed by atoms with Crippen molar-refractivity contribution in [2.24, 2.45) is 0 Å². The predicted molar refractivity (Wildman–Crippen MR) is 109 cm³/mol. The SMILES string of the molecule is CN1CCCn2c1cc(OCc1ccc(Oc3ccc(F)c(Cl)c3)c(F)c1)nc2=O. The number of hydrogen-bond donors (Lipinski definition) is 0. The fourth-order valence-electron chi connectivity index (χ4n) is 3.20. The Kier molecular flexibility index (Phi) is 5.59. The zero-order chi connectivity index (χ0) is 21.3. The molecule has 30 heavy (non-hydrogen) atoms. The van der Waals surface area contributed by atoms with Gasteiger partial charge in [0.05, 0.1) is 5.02 Å². The summed E-state index contributed by atoms with van der Waals surface area (Å²) >= 11 is 5.71. The van der Waals surface area contributed by atoms with Crippen molar-refractivity contribution in [1.82, 2.24) is 9.55 Å². The lowest BCUT2D eigenvalue weighted by Gasteiger charge is -2.28. The van der Waals surface area contributed by atoms with Gasteiger partial charge in [0.25, 0.3) is 0 Å². The van der Waals surface area contributed by atoms with Crippen LogP contribution in [-0.4, -0.2) is 23.1 Å². The molecule has 9 heteroatoms. The van der Waals surface area contributed by atoms with Crippen LogP contribution < -0.4 is 20.1 Å². The van der Waals surface area contributed by atoms with Gasteiger partial charge >= 0.3 is 5.69 Å². The maximum Gasteiger partial charge on any atom is 0.352 e. The molecule has 1 aromatic heterocycles. The van der Waals surface area contributed by atoms with Crippen LogP contribution in [0.2, 0.25) is 5.02 Å². The Morgan fingerprint density at radius 2 is 1.93 bits per heavy atom. The summed E-state index contributed by atoms with van der Waals surface area (Å²) in [6.07, 6.45) is 0.878. The third-order valence-corrected chi connectivity index (χ3v) is 5.02. The Morgan fingerprint density at radius 3 is 2.70 bits per heavy atom. The Morgan fingerprint density at radius 1 is 1.10 bits per heavy atom. The molecule has 0 saturated carbocycles. The lowest BCUT2D eigenvalue weighted by molar-refractivity contribution is 0.289. The van der Waals surface area contributed by atoms with Gasteiger partial charge in [-0.25, -0.2) is 13.6 Å². The van der Waals surface area contributed by atoms with E-state index in [4.69, 9.17) is 21.1 Å². The molecule has 0 aliphatic carbocycles. The second-order valence-electron chi connectivity index (χ2n) is 6.89. The van der Waals surface area contributed by atoms with Gasteiger partial charge in [0.2, 0.25) is 5.88 Å². The molecule has 0 bridgehead atoms. The van der Waals surface area contributed by atoms with Gasteiger partial charge in [-0.2, -0.15) is 4.98 Å². The minimum absolute atomic E-state index is 0.0270. The van der Waals surface area contributed by atoms with Crippen molar-refractivity contribution in [1.29, 1.82) is 0 Å². The highest BCUT2D eigenvalue weighted by Crippen LogP contribution is 2.29. The number of aromatic nitrogens is 2. The monoisotopic (exact) mass is 433 g/mol. The van der Waals surface area contributed by atoms with Crippen molar-refractivity contribution in [3.8, 4) is 17.4 Å². The average Bonchev–Trinajstić information content (AvgIpc) is 2.72. The highest BCUT2D eigenvalue weighted by molar-refractivity contribution is 6.30. The molecule has 1 aliphatic heterocycles. The zero-order valence-corrected chi connectivity index (χ0v) is 16.8. The molecule has 0 amide bonds. The largest absolute Gasteiger partial charge is 0.473 e. The molecule has 2 aromatic carbocycles. The maximum absolute atomic E-state index is 14.4. The molecule has 3 aromatic rings. The maximum atomic E-state index is 14.4. The minimum atomic E-state index is -0.616. The number of ether oxygens (including phenoxy) is 2. The summed E-state index contributed by atoms with van der Waals surface area (Å²) in [6.45, 7) is 1.49. The van der Waals surface area contributed by atoms with E-state index >= 15 is 0 Å². The van der Waals surface area contributed by atoms with E-state index in [0.29, 0.717) is 12.1 Å². The van der Waals surface area contributed by atoms with Gasteiger partial charge < -0.3 is 14.4 Å². The standard InChI is InChI=1S/C21H18ClF2N3O3/c1-26-7-2-8-27-20(26)11-19(25-21(27)28)29-12-13-3-6-18(17(24)9-13)30-14-4-5-16(23)15(22)10-14/h3-6,9-11H,2,7-8,12H2,1H3. The third kappa shape index (κ3) is 4.23. The Balaban J connectivity index is 1.46. The number of rotatable bonds is 5. The van der Waals surface area contributed by atoms with Gasteiger partial charge in [0.15, 0.2) is 11.6 Å². The van der Waals surface area contributed by atoms with Crippen LogP contribution in [0.4, 0.5) is 14.6 Å². The van der Waals surface area contributed by atoms with Gasteiger partial charge in [-0.15, -0.1) is 0 Å². The van der Waals surface area contributed by atoms with E-state index in [1.807, 2.05) is 11.9 Å². The molecule has 156 valence electrons. The van der Waals surface area contributed by atoms with Crippen LogP contribution in [0.15, 0.2) is 47.3 Å². The zero-order valence-electron chi connectivity index (χ0n) is 16.1. The Bertz CT molecular complexity index is 1150. The molecule has 6 nitrogen and oxygen atoms in total. The van der Waals surface area contributed by atoms with E-state index in [2.05, 4.69) is 4.98 Å². The summed E-state index contributed by atoms with van der Waals surface area (Å²) in [6, 6.07) is 9.79. The second-order valence-corrected chi connectivity index (χ2v) is 7.30. The number of anilines is 1. The highest BCUT2D eigenvalue weighted by atomic mass is 35.5. The van der Waals surface area contributed by atoms with E-state index in [0.717, 1.165) is 24.8 Å². The molecule has 0 fully saturated rings. The van der Waals surface area contributed by atoms with E-state index in [1.165, 1.54) is 24.3 Å². The molecule has 0 unspecified atom stereocenters. The molecule has 0 saturated heterocycles. The molecule has 4 rings (SSSR count). The van der Waals surface area contributed by atoms with Crippen molar-refractivity contribution in [3.05, 3.63) is 75.2 Å². The third-order valence-electron chi connectivity index (χ3n) is 4.73. The van der Waals surface area contributed by atoms with Crippen LogP contribution in [0, 0.1) is 11.6 Å². The van der Waals surface area contributed by atoms with Crippen molar-refractivity contribution in [2.45, 2.75) is 19.6 Å². The molecular weight excluding hydrogens is 416 g/mol. The summed E-state index contributed by atoms with van der Waals surface area (Å²) in [7, 11) is 1.90. The summed E-state index contributed by atoms with van der Waals surface area (Å²) in [5.74, 6) is -0.0977. The molecule has 0 atom stereocenters. The fraction of sp³-hybridized carbons (Fsp3) is 0.238. The van der Waals surface area contributed by atoms with Crippen LogP contribution >= 0.6 is 11.6 Å². The molecule has 1 aliphatic rings. The van der Waals surface area contributed by atoms with E-state index < -0.39 is 11.6 Å². The lowest BCUT2D eigenvalue weighted by atomic mass is 10.2. The quantitative estimate of drug-likeness (QED) is 0.597. The number of nitrogens with zero attached hydrogens (tertiary/aromatic N) is 3. The van der Waals surface area contributed by atoms with Gasteiger partial charge in [-0.1, -0.05) is 17.7 Å². The topological polar surface area (TPSA) is 56.6 Å². The van der Waals surface area contributed by atoms with Crippen molar-refractivity contribution in [3.63, 3.8) is 0 Å². The Labute approximate surface area is 176 Å². The molecule has 0 radical (unpaired) electrons. The van der Waals surface area contributed by atoms with Gasteiger partial charge in [-0.05, 0) is 36.2 Å². The van der Waals surface area contributed by atoms with Gasteiger partial charge in [0, 0.05) is 32.3 Å². The van der Waals surface area contributed by atoms with Gasteiger partial charge in [0.1, 0.15) is 24.0 Å². The molecular formula is C21H18ClF2N3O3. The minimum Gasteiger partial charge on any atom is -0.473 e. The van der Waals surface area contributed by atoms with Crippen LogP contribution in [0.5, 0.6) is 17.4 Å². The van der Waals surface area contributed by atoms with E-state index in [9.17, 15) is 13.6 Å². The first-order valence-corrected chi connectivity index (χ1v) is 9.65. The van der Waals surface area contributed by atoms with Crippen LogP contribution in [-0.2, 0) is 13.2 Å². The highest BCUT2D eigenvalue weighted by Gasteiger charge is 2.17. The summed E-state index contributed by atoms with van der Waals surface area (Å²) in [5, 5.41) is -0.114. The first-order valence-electron chi connectivity index (χ1n) is 9.28. The summed E-state index contributed by atoms with van der Waals surface area (Å²) < 4.78 is 40.3. The molecule has 0 spiro atoms. The van der Waals surface area contributed by atoms with Crippen LogP contribution in [0.3, 0.4) is 0 Å². The first-order chi connectivity index (χ1) is 14.4. The average molecular weight is 434 g/mol. The lowest BCUT2D eigenvalue weighted by Crippen LogP contribution is -2.36. The van der Waals surface area contributed by atoms with Crippen molar-refractivity contribution in [2.75, 3.05) is 18.5 Å². The molecule has 0 N–H and O–H groups in total. The predicted octanol–water partition coefficient (Wildman–Crippen LogP) is 4.39. The van der Waals surface area contributed by atoms with Crippen molar-refractivity contribution < 1.29 is 18.3 Å².